The molecule has 384 valence electrons. The molecule has 6 heterocycles. The van der Waals surface area contributed by atoms with Gasteiger partial charge in [0.15, 0.2) is 5.82 Å². The Morgan fingerprint density at radius 1 is 0.946 bits per heavy atom. The van der Waals surface area contributed by atoms with Crippen molar-refractivity contribution in [2.75, 3.05) is 75.8 Å². The summed E-state index contributed by atoms with van der Waals surface area (Å²) in [6, 6.07) is 24.6. The van der Waals surface area contributed by atoms with Crippen LogP contribution in [0.3, 0.4) is 0 Å². The molecule has 10 rings (SSSR count). The third-order valence-electron chi connectivity index (χ3n) is 15.3. The first-order chi connectivity index (χ1) is 35.8. The number of fused-ring (bicyclic) bond motifs is 2. The maximum absolute atomic E-state index is 14.1. The van der Waals surface area contributed by atoms with Crippen molar-refractivity contribution in [2.24, 2.45) is 0 Å². The zero-order valence-electron chi connectivity index (χ0n) is 42.0. The highest BCUT2D eigenvalue weighted by Crippen LogP contribution is 2.39. The molecule has 2 aromatic heterocycles. The quantitative estimate of drug-likeness (QED) is 0.110. The van der Waals surface area contributed by atoms with E-state index in [1.54, 1.807) is 11.0 Å². The Morgan fingerprint density at radius 3 is 2.46 bits per heavy atom. The van der Waals surface area contributed by atoms with Gasteiger partial charge in [-0.05, 0) is 85.1 Å². The number of amides is 2. The fraction of sp³-hybridized carbons (Fsp3) is 0.400. The minimum Gasteiger partial charge on any atom is -0.508 e. The Bertz CT molecular complexity index is 3190. The van der Waals surface area contributed by atoms with E-state index in [1.165, 1.54) is 16.7 Å². The molecule has 4 aliphatic rings. The number of benzene rings is 4. The Kier molecular flexibility index (Phi) is 14.3. The number of aromatic nitrogens is 5. The lowest BCUT2D eigenvalue weighted by Crippen LogP contribution is -2.55. The van der Waals surface area contributed by atoms with Gasteiger partial charge in [0.1, 0.15) is 23.9 Å². The van der Waals surface area contributed by atoms with Crippen molar-refractivity contribution in [2.45, 2.75) is 76.7 Å². The number of phenolic OH excluding ortho intramolecular Hbond substituents is 2. The molecular weight excluding hydrogens is 960 g/mol. The lowest BCUT2D eigenvalue weighted by Gasteiger charge is -2.42. The smallest absolute Gasteiger partial charge is 0.348 e. The molecule has 3 saturated heterocycles. The number of rotatable bonds is 13. The topological polar surface area (TPSA) is 204 Å². The summed E-state index contributed by atoms with van der Waals surface area (Å²) in [4.78, 5) is 62.7. The molecule has 0 saturated carbocycles. The maximum atomic E-state index is 14.1. The number of carbonyl (C=O) groups excluding carboxylic acids is 2. The van der Waals surface area contributed by atoms with E-state index in [9.17, 15) is 29.9 Å². The van der Waals surface area contributed by atoms with Crippen LogP contribution in [0.2, 0.25) is 5.02 Å². The fourth-order valence-electron chi connectivity index (χ4n) is 11.2. The van der Waals surface area contributed by atoms with Crippen molar-refractivity contribution in [1.29, 1.82) is 5.26 Å². The van der Waals surface area contributed by atoms with Crippen LogP contribution >= 0.6 is 11.6 Å². The number of piperazine rings is 2. The van der Waals surface area contributed by atoms with Crippen LogP contribution in [0.4, 0.5) is 11.5 Å². The summed E-state index contributed by atoms with van der Waals surface area (Å²) in [5, 5.41) is 40.3. The molecule has 0 spiro atoms. The summed E-state index contributed by atoms with van der Waals surface area (Å²) in [7, 11) is 1.99. The third kappa shape index (κ3) is 9.86. The summed E-state index contributed by atoms with van der Waals surface area (Å²) < 4.78 is 7.94. The number of halogens is 1. The minimum absolute atomic E-state index is 0.0184. The van der Waals surface area contributed by atoms with Crippen LogP contribution in [0.5, 0.6) is 17.5 Å². The van der Waals surface area contributed by atoms with Gasteiger partial charge in [-0.2, -0.15) is 20.3 Å². The summed E-state index contributed by atoms with van der Waals surface area (Å²) >= 11 is 6.81. The normalized spacial score (nSPS) is 19.5. The first kappa shape index (κ1) is 50.1. The largest absolute Gasteiger partial charge is 0.508 e. The monoisotopic (exact) mass is 1020 g/mol. The number of aromatic hydroxyl groups is 2. The van der Waals surface area contributed by atoms with E-state index in [1.807, 2.05) is 68.3 Å². The van der Waals surface area contributed by atoms with Crippen molar-refractivity contribution in [3.05, 3.63) is 123 Å². The highest BCUT2D eigenvalue weighted by molar-refractivity contribution is 6.36. The van der Waals surface area contributed by atoms with Gasteiger partial charge in [-0.3, -0.25) is 19.4 Å². The van der Waals surface area contributed by atoms with E-state index < -0.39 is 5.69 Å². The van der Waals surface area contributed by atoms with Gasteiger partial charge < -0.3 is 34.5 Å². The third-order valence-corrected chi connectivity index (χ3v) is 15.6. The summed E-state index contributed by atoms with van der Waals surface area (Å²) in [5.41, 5.74) is 5.03. The Morgan fingerprint density at radius 2 is 1.72 bits per heavy atom. The van der Waals surface area contributed by atoms with E-state index >= 15 is 0 Å². The van der Waals surface area contributed by atoms with Gasteiger partial charge in [0.25, 0.3) is 0 Å². The fourth-order valence-corrected chi connectivity index (χ4v) is 11.5. The molecule has 3 fully saturated rings. The molecule has 0 unspecified atom stereocenters. The van der Waals surface area contributed by atoms with Crippen molar-refractivity contribution < 1.29 is 24.5 Å². The molecule has 2 amide bonds. The van der Waals surface area contributed by atoms with Crippen LogP contribution in [0, 0.1) is 11.3 Å². The lowest BCUT2D eigenvalue weighted by atomic mass is 9.98. The second-order valence-electron chi connectivity index (χ2n) is 20.0. The number of nitrogens with one attached hydrogen (secondary N) is 1. The van der Waals surface area contributed by atoms with Crippen molar-refractivity contribution >= 4 is 45.7 Å². The predicted octanol–water partition coefficient (Wildman–Crippen LogP) is 6.22. The number of nitrogens with zero attached hydrogens (tertiary/aromatic N) is 11. The van der Waals surface area contributed by atoms with Gasteiger partial charge in [0, 0.05) is 87.6 Å². The van der Waals surface area contributed by atoms with Gasteiger partial charge in [0.2, 0.25) is 11.8 Å². The average molecular weight is 1020 g/mol. The van der Waals surface area contributed by atoms with Gasteiger partial charge in [-0.1, -0.05) is 68.4 Å². The van der Waals surface area contributed by atoms with Gasteiger partial charge in [0.05, 0.1) is 53.1 Å². The molecule has 18 nitrogen and oxygen atoms in total. The number of carbonyl (C=O) groups is 2. The number of likely N-dealkylation sites (N-methyl/N-ethyl adjacent to an activating group) is 1. The van der Waals surface area contributed by atoms with E-state index in [4.69, 9.17) is 26.3 Å². The number of ether oxygens (including phenoxy) is 1. The van der Waals surface area contributed by atoms with Gasteiger partial charge in [-0.25, -0.2) is 14.5 Å². The first-order valence-electron chi connectivity index (χ1n) is 25.4. The highest BCUT2D eigenvalue weighted by atomic mass is 35.5. The maximum Gasteiger partial charge on any atom is 0.348 e. The average Bonchev–Trinajstić information content (AvgIpc) is 3.98. The molecule has 0 aliphatic carbocycles. The number of aromatic amines is 1. The minimum atomic E-state index is -0.453. The van der Waals surface area contributed by atoms with Crippen LogP contribution in [0.25, 0.3) is 27.8 Å². The Hall–Kier alpha value is -7.46. The zero-order chi connectivity index (χ0) is 51.8. The molecule has 4 aromatic carbocycles. The zero-order valence-corrected chi connectivity index (χ0v) is 42.7. The predicted molar refractivity (Wildman–Crippen MR) is 283 cm³/mol. The molecule has 74 heavy (non-hydrogen) atoms. The summed E-state index contributed by atoms with van der Waals surface area (Å²) in [5.74, 6) is 0.693. The standard InChI is InChI=1S/C55H61ClN12O6/c1-5-49(71)67-27-26-66(31-38(67)18-20-57)51-40-19-21-65(45-11-7-9-36-8-6-10-43(56)50(36)45)32-44(40)58-54(59-51)74-33-39-16-17-46(62(39)4)53(72)64-24-22-63(23-25-64)30-35-12-14-37(15-13-35)68-52(60-61-55(68)73)42-28-41(34(2)3)47(69)29-48(42)70/h5-15,28-29,34,38-39,46,69-70H,1,16-19,21-27,30-33H2,2-4H3,(H,61,73)/t38-,39-,46+/m0/s1. The molecule has 3 N–H and O–H groups in total. The van der Waals surface area contributed by atoms with E-state index in [2.05, 4.69) is 60.6 Å². The van der Waals surface area contributed by atoms with Crippen molar-refractivity contribution in [3.8, 4) is 40.7 Å². The van der Waals surface area contributed by atoms with Crippen LogP contribution in [-0.2, 0) is 29.1 Å². The first-order valence-corrected chi connectivity index (χ1v) is 25.7. The molecule has 19 heteroatoms. The SMILES string of the molecule is C=CC(=O)N1CCN(c2nc(OC[C@@H]3CC[C@H](C(=O)N4CCN(Cc5ccc(-n6c(-c7cc(C(C)C)c(O)cc7O)n[nH]c6=O)cc5)CC4)N3C)nc3c2CCN(c2cccc4cccc(Cl)c24)C3)C[C@@H]1CC#N. The second-order valence-corrected chi connectivity index (χ2v) is 20.4. The molecule has 0 bridgehead atoms. The number of likely N-dealkylation sites (tertiary alicyclic amines) is 1. The number of phenols is 2. The molecule has 3 atom stereocenters. The van der Waals surface area contributed by atoms with E-state index in [-0.39, 0.29) is 65.6 Å². The summed E-state index contributed by atoms with van der Waals surface area (Å²) in [6.07, 6.45) is 3.63. The van der Waals surface area contributed by atoms with Crippen molar-refractivity contribution in [1.82, 2.24) is 44.3 Å². The molecule has 6 aromatic rings. The van der Waals surface area contributed by atoms with Crippen LogP contribution < -0.4 is 20.2 Å². The van der Waals surface area contributed by atoms with Gasteiger partial charge in [-0.15, -0.1) is 0 Å². The molecular formula is C55H61ClN12O6. The van der Waals surface area contributed by atoms with Gasteiger partial charge >= 0.3 is 11.7 Å². The van der Waals surface area contributed by atoms with Crippen LogP contribution in [-0.4, -0.2) is 150 Å². The second kappa shape index (κ2) is 21.2. The molecule has 4 aliphatic heterocycles. The molecule has 0 radical (unpaired) electrons. The lowest BCUT2D eigenvalue weighted by molar-refractivity contribution is -0.138. The van der Waals surface area contributed by atoms with Crippen LogP contribution in [0.15, 0.2) is 90.2 Å². The number of anilines is 2. The Balaban J connectivity index is 0.785. The van der Waals surface area contributed by atoms with E-state index in [0.29, 0.717) is 107 Å². The number of nitriles is 1. The number of hydrogen-bond donors (Lipinski definition) is 3. The number of H-pyrrole nitrogens is 1. The van der Waals surface area contributed by atoms with Crippen LogP contribution in [0.1, 0.15) is 61.4 Å². The van der Waals surface area contributed by atoms with E-state index in [0.717, 1.165) is 45.5 Å². The van der Waals surface area contributed by atoms with Crippen molar-refractivity contribution in [3.63, 3.8) is 0 Å². The Labute approximate surface area is 434 Å². The summed E-state index contributed by atoms with van der Waals surface area (Å²) in [6.45, 7) is 13.7. The highest BCUT2D eigenvalue weighted by Gasteiger charge is 2.39. The number of hydrogen-bond acceptors (Lipinski definition) is 14.